The van der Waals surface area contributed by atoms with Gasteiger partial charge in [0.1, 0.15) is 5.75 Å². The van der Waals surface area contributed by atoms with Crippen LogP contribution in [0.25, 0.3) is 0 Å². The highest BCUT2D eigenvalue weighted by Crippen LogP contribution is 2.15. The lowest BCUT2D eigenvalue weighted by Crippen LogP contribution is -2.49. The highest BCUT2D eigenvalue weighted by molar-refractivity contribution is 5.70. The minimum absolute atomic E-state index is 0.314. The molecule has 0 aliphatic carbocycles. The quantitative estimate of drug-likeness (QED) is 0.582. The van der Waals surface area contributed by atoms with E-state index in [9.17, 15) is 4.79 Å². The van der Waals surface area contributed by atoms with Crippen molar-refractivity contribution >= 4 is 6.09 Å². The fraction of sp³-hybridized carbons (Fsp3) is 0.304. The SMILES string of the molecule is O=C(Oc1ccc(CCOc2ccccn2)cc1)N1CCN(Cc2cnccn2)CC1. The monoisotopic (exact) mass is 419 g/mol. The maximum absolute atomic E-state index is 12.5. The van der Waals surface area contributed by atoms with E-state index < -0.39 is 0 Å². The highest BCUT2D eigenvalue weighted by atomic mass is 16.6. The number of benzene rings is 1. The molecule has 1 aliphatic rings. The second-order valence-corrected chi connectivity index (χ2v) is 7.24. The molecule has 4 rings (SSSR count). The largest absolute Gasteiger partial charge is 0.477 e. The predicted octanol–water partition coefficient (Wildman–Crippen LogP) is 2.81. The summed E-state index contributed by atoms with van der Waals surface area (Å²) in [6.07, 6.45) is 7.27. The average molecular weight is 419 g/mol. The van der Waals surface area contributed by atoms with Gasteiger partial charge in [-0.3, -0.25) is 14.9 Å². The van der Waals surface area contributed by atoms with E-state index in [1.54, 1.807) is 29.7 Å². The molecule has 0 atom stereocenters. The number of aromatic nitrogens is 3. The van der Waals surface area contributed by atoms with Crippen molar-refractivity contribution in [1.82, 2.24) is 24.8 Å². The van der Waals surface area contributed by atoms with Crippen molar-refractivity contribution in [3.05, 3.63) is 78.5 Å². The second kappa shape index (κ2) is 10.5. The van der Waals surface area contributed by atoms with Gasteiger partial charge in [-0.05, 0) is 23.8 Å². The number of carbonyl (C=O) groups is 1. The van der Waals surface area contributed by atoms with Crippen molar-refractivity contribution in [2.24, 2.45) is 0 Å². The molecule has 2 aromatic heterocycles. The third kappa shape index (κ3) is 6.23. The van der Waals surface area contributed by atoms with Crippen LogP contribution in [-0.2, 0) is 13.0 Å². The fourth-order valence-corrected chi connectivity index (χ4v) is 3.32. The van der Waals surface area contributed by atoms with Crippen LogP contribution in [0.3, 0.4) is 0 Å². The van der Waals surface area contributed by atoms with Crippen molar-refractivity contribution < 1.29 is 14.3 Å². The summed E-state index contributed by atoms with van der Waals surface area (Å²) in [5.74, 6) is 1.16. The number of ether oxygens (including phenoxy) is 2. The number of hydrogen-bond acceptors (Lipinski definition) is 7. The number of rotatable bonds is 7. The molecule has 8 nitrogen and oxygen atoms in total. The van der Waals surface area contributed by atoms with Crippen LogP contribution >= 0.6 is 0 Å². The van der Waals surface area contributed by atoms with Gasteiger partial charge in [0, 0.05) is 70.0 Å². The second-order valence-electron chi connectivity index (χ2n) is 7.24. The molecule has 0 saturated carbocycles. The summed E-state index contributed by atoms with van der Waals surface area (Å²) in [6, 6.07) is 13.1. The van der Waals surface area contributed by atoms with E-state index >= 15 is 0 Å². The summed E-state index contributed by atoms with van der Waals surface area (Å²) in [5.41, 5.74) is 2.04. The van der Waals surface area contributed by atoms with Crippen LogP contribution in [0.1, 0.15) is 11.3 Å². The first-order valence-corrected chi connectivity index (χ1v) is 10.3. The molecule has 0 radical (unpaired) electrons. The van der Waals surface area contributed by atoms with Gasteiger partial charge in [0.25, 0.3) is 0 Å². The number of carbonyl (C=O) groups excluding carboxylic acids is 1. The van der Waals surface area contributed by atoms with E-state index in [0.717, 1.165) is 37.3 Å². The Morgan fingerprint density at radius 1 is 0.935 bits per heavy atom. The lowest BCUT2D eigenvalue weighted by molar-refractivity contribution is 0.107. The Morgan fingerprint density at radius 2 is 1.77 bits per heavy atom. The molecule has 31 heavy (non-hydrogen) atoms. The molecule has 1 amide bonds. The van der Waals surface area contributed by atoms with Crippen molar-refractivity contribution in [2.75, 3.05) is 32.8 Å². The molecular weight excluding hydrogens is 394 g/mol. The molecule has 3 heterocycles. The summed E-state index contributed by atoms with van der Waals surface area (Å²) < 4.78 is 11.2. The van der Waals surface area contributed by atoms with Crippen LogP contribution in [0, 0.1) is 0 Å². The standard InChI is InChI=1S/C23H25N5O3/c29-23(28-14-12-27(13-15-28)18-20-17-24-10-11-25-20)31-21-6-4-19(5-7-21)8-16-30-22-3-1-2-9-26-22/h1-7,9-11,17H,8,12-16,18H2. The van der Waals surface area contributed by atoms with Gasteiger partial charge < -0.3 is 14.4 Å². The molecule has 160 valence electrons. The van der Waals surface area contributed by atoms with Crippen molar-refractivity contribution in [3.8, 4) is 11.6 Å². The van der Waals surface area contributed by atoms with Crippen LogP contribution in [0.4, 0.5) is 4.79 Å². The maximum atomic E-state index is 12.5. The Bertz CT molecular complexity index is 946. The van der Waals surface area contributed by atoms with E-state index in [2.05, 4.69) is 19.9 Å². The minimum Gasteiger partial charge on any atom is -0.477 e. The number of pyridine rings is 1. The molecule has 3 aromatic rings. The van der Waals surface area contributed by atoms with Gasteiger partial charge in [-0.15, -0.1) is 0 Å². The molecule has 8 heteroatoms. The Morgan fingerprint density at radius 3 is 2.48 bits per heavy atom. The molecular formula is C23H25N5O3. The van der Waals surface area contributed by atoms with Gasteiger partial charge in [0.15, 0.2) is 0 Å². The summed E-state index contributed by atoms with van der Waals surface area (Å²) in [6.45, 7) is 4.09. The highest BCUT2D eigenvalue weighted by Gasteiger charge is 2.22. The van der Waals surface area contributed by atoms with E-state index in [4.69, 9.17) is 9.47 Å². The lowest BCUT2D eigenvalue weighted by atomic mass is 10.1. The van der Waals surface area contributed by atoms with Crippen LogP contribution in [0.2, 0.25) is 0 Å². The molecule has 1 saturated heterocycles. The maximum Gasteiger partial charge on any atom is 0.415 e. The fourth-order valence-electron chi connectivity index (χ4n) is 3.32. The van der Waals surface area contributed by atoms with Crippen molar-refractivity contribution in [1.29, 1.82) is 0 Å². The van der Waals surface area contributed by atoms with Crippen molar-refractivity contribution in [2.45, 2.75) is 13.0 Å². The third-order valence-electron chi connectivity index (χ3n) is 5.04. The smallest absolute Gasteiger partial charge is 0.415 e. The van der Waals surface area contributed by atoms with Crippen LogP contribution in [-0.4, -0.2) is 63.6 Å². The van der Waals surface area contributed by atoms with E-state index in [-0.39, 0.29) is 6.09 Å². The molecule has 0 bridgehead atoms. The van der Waals surface area contributed by atoms with Gasteiger partial charge in [-0.2, -0.15) is 0 Å². The molecule has 1 aromatic carbocycles. The zero-order chi connectivity index (χ0) is 21.3. The Hall–Kier alpha value is -3.52. The Kier molecular flexibility index (Phi) is 7.02. The first-order valence-electron chi connectivity index (χ1n) is 10.3. The summed E-state index contributed by atoms with van der Waals surface area (Å²) in [7, 11) is 0. The number of amides is 1. The van der Waals surface area contributed by atoms with E-state index in [0.29, 0.717) is 31.3 Å². The first-order chi connectivity index (χ1) is 15.3. The normalized spacial score (nSPS) is 14.3. The zero-order valence-electron chi connectivity index (χ0n) is 17.3. The average Bonchev–Trinajstić information content (AvgIpc) is 2.82. The topological polar surface area (TPSA) is 80.7 Å². The summed E-state index contributed by atoms with van der Waals surface area (Å²) in [5, 5.41) is 0. The minimum atomic E-state index is -0.314. The number of piperazine rings is 1. The predicted molar refractivity (Wildman–Crippen MR) is 115 cm³/mol. The van der Waals surface area contributed by atoms with Crippen LogP contribution in [0.15, 0.2) is 67.3 Å². The van der Waals surface area contributed by atoms with Crippen LogP contribution < -0.4 is 9.47 Å². The van der Waals surface area contributed by atoms with E-state index in [1.807, 2.05) is 42.5 Å². The molecule has 0 N–H and O–H groups in total. The van der Waals surface area contributed by atoms with E-state index in [1.165, 1.54) is 0 Å². The molecule has 1 fully saturated rings. The number of hydrogen-bond donors (Lipinski definition) is 0. The van der Waals surface area contributed by atoms with Gasteiger partial charge in [0.2, 0.25) is 5.88 Å². The molecule has 0 unspecified atom stereocenters. The van der Waals surface area contributed by atoms with Gasteiger partial charge in [-0.1, -0.05) is 18.2 Å². The Labute approximate surface area is 181 Å². The van der Waals surface area contributed by atoms with Gasteiger partial charge in [0.05, 0.1) is 12.3 Å². The lowest BCUT2D eigenvalue weighted by Gasteiger charge is -2.33. The van der Waals surface area contributed by atoms with Crippen molar-refractivity contribution in [3.63, 3.8) is 0 Å². The first kappa shape index (κ1) is 20.7. The number of nitrogens with zero attached hydrogens (tertiary/aromatic N) is 5. The van der Waals surface area contributed by atoms with Gasteiger partial charge >= 0.3 is 6.09 Å². The molecule has 1 aliphatic heterocycles. The third-order valence-corrected chi connectivity index (χ3v) is 5.04. The summed E-state index contributed by atoms with van der Waals surface area (Å²) in [4.78, 5) is 29.0. The van der Waals surface area contributed by atoms with Gasteiger partial charge in [-0.25, -0.2) is 9.78 Å². The zero-order valence-corrected chi connectivity index (χ0v) is 17.3. The summed E-state index contributed by atoms with van der Waals surface area (Å²) >= 11 is 0. The Balaban J connectivity index is 1.19. The van der Waals surface area contributed by atoms with Crippen LogP contribution in [0.5, 0.6) is 11.6 Å². The molecule has 0 spiro atoms.